The van der Waals surface area contributed by atoms with Crippen LogP contribution in [0.15, 0.2) is 12.3 Å². The van der Waals surface area contributed by atoms with Crippen LogP contribution in [-0.2, 0) is 0 Å². The molecule has 6 N–H and O–H groups in total. The fourth-order valence-corrected chi connectivity index (χ4v) is 2.17. The van der Waals surface area contributed by atoms with Gasteiger partial charge in [0.2, 0.25) is 5.95 Å². The molecule has 2 rings (SSSR count). The molecule has 0 aromatic carbocycles. The van der Waals surface area contributed by atoms with Gasteiger partial charge in [-0.1, -0.05) is 19.8 Å². The van der Waals surface area contributed by atoms with E-state index in [0.717, 1.165) is 19.3 Å². The number of hydrogen-bond acceptors (Lipinski definition) is 7. The van der Waals surface area contributed by atoms with Gasteiger partial charge in [0.1, 0.15) is 5.52 Å². The maximum absolute atomic E-state index is 9.68. The second-order valence-electron chi connectivity index (χ2n) is 5.51. The molecular formula is C14H22N6O. The molecule has 0 radical (unpaired) electrons. The second kappa shape index (κ2) is 6.09. The molecule has 0 fully saturated rings. The number of nitrogens with one attached hydrogen (secondary N) is 1. The summed E-state index contributed by atoms with van der Waals surface area (Å²) in [6, 6.07) is 1.70. The van der Waals surface area contributed by atoms with Crippen molar-refractivity contribution in [3.63, 3.8) is 0 Å². The van der Waals surface area contributed by atoms with Gasteiger partial charge >= 0.3 is 0 Å². The fourth-order valence-electron chi connectivity index (χ4n) is 2.17. The molecule has 0 unspecified atom stereocenters. The maximum atomic E-state index is 9.68. The highest BCUT2D eigenvalue weighted by atomic mass is 16.3. The van der Waals surface area contributed by atoms with E-state index < -0.39 is 5.54 Å². The summed E-state index contributed by atoms with van der Waals surface area (Å²) in [6.07, 6.45) is 4.43. The molecule has 21 heavy (non-hydrogen) atoms. The van der Waals surface area contributed by atoms with E-state index >= 15 is 0 Å². The van der Waals surface area contributed by atoms with Crippen LogP contribution in [0.2, 0.25) is 0 Å². The molecule has 114 valence electrons. The number of anilines is 3. The van der Waals surface area contributed by atoms with Crippen molar-refractivity contribution in [2.24, 2.45) is 0 Å². The lowest BCUT2D eigenvalue weighted by Crippen LogP contribution is -2.39. The molecule has 0 aliphatic carbocycles. The molecule has 0 saturated heterocycles. The van der Waals surface area contributed by atoms with E-state index in [1.807, 2.05) is 6.92 Å². The zero-order valence-electron chi connectivity index (χ0n) is 12.4. The Morgan fingerprint density at radius 3 is 2.76 bits per heavy atom. The summed E-state index contributed by atoms with van der Waals surface area (Å²) < 4.78 is 0. The average Bonchev–Trinajstić information content (AvgIpc) is 2.44. The third kappa shape index (κ3) is 3.49. The molecule has 0 aliphatic rings. The standard InChI is InChI=1S/C14H22N6O/c1-3-4-5-14(2,8-21)20-12-11-10(18-13(16)19-12)6-9(15)7-17-11/h6-7,21H,3-5,8,15H2,1-2H3,(H3,16,18,19,20)/t14-/m0/s1. The second-order valence-corrected chi connectivity index (χ2v) is 5.51. The predicted molar refractivity (Wildman–Crippen MR) is 84.8 cm³/mol. The molecule has 2 heterocycles. The van der Waals surface area contributed by atoms with Gasteiger partial charge in [-0.05, 0) is 19.4 Å². The maximum Gasteiger partial charge on any atom is 0.222 e. The molecule has 2 aromatic rings. The Hall–Kier alpha value is -2.15. The molecule has 7 heteroatoms. The van der Waals surface area contributed by atoms with E-state index in [-0.39, 0.29) is 12.6 Å². The quantitative estimate of drug-likeness (QED) is 0.636. The Balaban J connectivity index is 2.41. The van der Waals surface area contributed by atoms with E-state index in [1.54, 1.807) is 12.3 Å². The van der Waals surface area contributed by atoms with Gasteiger partial charge in [0, 0.05) is 0 Å². The van der Waals surface area contributed by atoms with Crippen LogP contribution < -0.4 is 16.8 Å². The first-order valence-electron chi connectivity index (χ1n) is 7.05. The third-order valence-corrected chi connectivity index (χ3v) is 3.43. The first-order valence-corrected chi connectivity index (χ1v) is 7.05. The van der Waals surface area contributed by atoms with Gasteiger partial charge in [-0.25, -0.2) is 9.97 Å². The van der Waals surface area contributed by atoms with E-state index in [1.165, 1.54) is 0 Å². The minimum Gasteiger partial charge on any atom is -0.397 e. The fraction of sp³-hybridized carbons (Fsp3) is 0.500. The number of nitrogens with two attached hydrogens (primary N) is 2. The van der Waals surface area contributed by atoms with Crippen LogP contribution in [-0.4, -0.2) is 32.2 Å². The molecule has 0 saturated carbocycles. The minimum atomic E-state index is -0.479. The zero-order valence-corrected chi connectivity index (χ0v) is 12.4. The molecular weight excluding hydrogens is 268 g/mol. The van der Waals surface area contributed by atoms with Gasteiger partial charge in [-0.2, -0.15) is 4.98 Å². The minimum absolute atomic E-state index is 0.00657. The summed E-state index contributed by atoms with van der Waals surface area (Å²) in [5.41, 5.74) is 12.7. The SMILES string of the molecule is CCCC[C@@](C)(CO)Nc1nc(N)nc2cc(N)cnc12. The van der Waals surface area contributed by atoms with Crippen molar-refractivity contribution in [3.05, 3.63) is 12.3 Å². The number of nitrogen functional groups attached to an aromatic ring is 2. The van der Waals surface area contributed by atoms with Crippen molar-refractivity contribution in [3.8, 4) is 0 Å². The molecule has 0 amide bonds. The van der Waals surface area contributed by atoms with Gasteiger partial charge in [-0.15, -0.1) is 0 Å². The molecule has 0 spiro atoms. The summed E-state index contributed by atoms with van der Waals surface area (Å²) in [6.45, 7) is 4.05. The molecule has 2 aromatic heterocycles. The molecule has 0 bridgehead atoms. The highest BCUT2D eigenvalue weighted by molar-refractivity contribution is 5.87. The summed E-state index contributed by atoms with van der Waals surface area (Å²) >= 11 is 0. The largest absolute Gasteiger partial charge is 0.397 e. The lowest BCUT2D eigenvalue weighted by atomic mass is 9.96. The van der Waals surface area contributed by atoms with Crippen molar-refractivity contribution in [1.29, 1.82) is 0 Å². The first-order chi connectivity index (χ1) is 9.97. The number of aliphatic hydroxyl groups is 1. The Morgan fingerprint density at radius 1 is 1.33 bits per heavy atom. The van der Waals surface area contributed by atoms with Gasteiger partial charge in [-0.3, -0.25) is 0 Å². The van der Waals surface area contributed by atoms with Crippen LogP contribution in [0.3, 0.4) is 0 Å². The Kier molecular flexibility index (Phi) is 4.42. The van der Waals surface area contributed by atoms with E-state index in [9.17, 15) is 5.11 Å². The number of aliphatic hydroxyl groups excluding tert-OH is 1. The topological polar surface area (TPSA) is 123 Å². The summed E-state index contributed by atoms with van der Waals surface area (Å²) in [5.74, 6) is 0.665. The Bertz CT molecular complexity index is 627. The molecule has 0 aliphatic heterocycles. The monoisotopic (exact) mass is 290 g/mol. The van der Waals surface area contributed by atoms with Crippen LogP contribution in [0.4, 0.5) is 17.5 Å². The number of nitrogens with zero attached hydrogens (tertiary/aromatic N) is 3. The number of unbranched alkanes of at least 4 members (excludes halogenated alkanes) is 1. The van der Waals surface area contributed by atoms with Crippen LogP contribution in [0, 0.1) is 0 Å². The lowest BCUT2D eigenvalue weighted by Gasteiger charge is -2.29. The summed E-state index contributed by atoms with van der Waals surface area (Å²) in [7, 11) is 0. The van der Waals surface area contributed by atoms with Crippen molar-refractivity contribution < 1.29 is 5.11 Å². The van der Waals surface area contributed by atoms with Crippen molar-refractivity contribution in [2.75, 3.05) is 23.4 Å². The highest BCUT2D eigenvalue weighted by Crippen LogP contribution is 2.25. The smallest absolute Gasteiger partial charge is 0.222 e. The number of pyridine rings is 1. The Morgan fingerprint density at radius 2 is 2.10 bits per heavy atom. The van der Waals surface area contributed by atoms with E-state index in [4.69, 9.17) is 11.5 Å². The van der Waals surface area contributed by atoms with Gasteiger partial charge in [0.25, 0.3) is 0 Å². The van der Waals surface area contributed by atoms with Gasteiger partial charge in [0.05, 0.1) is 29.5 Å². The van der Waals surface area contributed by atoms with Crippen molar-refractivity contribution >= 4 is 28.5 Å². The van der Waals surface area contributed by atoms with Crippen molar-refractivity contribution in [2.45, 2.75) is 38.6 Å². The number of fused-ring (bicyclic) bond motifs is 1. The van der Waals surface area contributed by atoms with E-state index in [2.05, 4.69) is 27.2 Å². The van der Waals surface area contributed by atoms with Crippen LogP contribution >= 0.6 is 0 Å². The molecule has 7 nitrogen and oxygen atoms in total. The van der Waals surface area contributed by atoms with Crippen LogP contribution in [0.5, 0.6) is 0 Å². The average molecular weight is 290 g/mol. The first kappa shape index (κ1) is 15.2. The number of rotatable bonds is 6. The predicted octanol–water partition coefficient (Wildman–Crippen LogP) is 1.54. The zero-order chi connectivity index (χ0) is 15.5. The molecule has 1 atom stereocenters. The van der Waals surface area contributed by atoms with Crippen LogP contribution in [0.25, 0.3) is 11.0 Å². The van der Waals surface area contributed by atoms with Gasteiger partial charge < -0.3 is 21.9 Å². The third-order valence-electron chi connectivity index (χ3n) is 3.43. The Labute approximate surface area is 123 Å². The normalized spacial score (nSPS) is 14.0. The van der Waals surface area contributed by atoms with Gasteiger partial charge in [0.15, 0.2) is 5.82 Å². The van der Waals surface area contributed by atoms with Crippen molar-refractivity contribution in [1.82, 2.24) is 15.0 Å². The number of hydrogen-bond donors (Lipinski definition) is 4. The van der Waals surface area contributed by atoms with Crippen LogP contribution in [0.1, 0.15) is 33.1 Å². The summed E-state index contributed by atoms with van der Waals surface area (Å²) in [4.78, 5) is 12.6. The number of aromatic nitrogens is 3. The highest BCUT2D eigenvalue weighted by Gasteiger charge is 2.24. The lowest BCUT2D eigenvalue weighted by molar-refractivity contribution is 0.212. The van der Waals surface area contributed by atoms with E-state index in [0.29, 0.717) is 22.5 Å². The summed E-state index contributed by atoms with van der Waals surface area (Å²) in [5, 5.41) is 12.9.